The second-order valence-corrected chi connectivity index (χ2v) is 4.99. The monoisotopic (exact) mass is 228 g/mol. The van der Waals surface area contributed by atoms with E-state index in [-0.39, 0.29) is 11.8 Å². The number of nitrogens with zero attached hydrogens (tertiary/aromatic N) is 1. The molecule has 0 unspecified atom stereocenters. The molecular weight excluding hydrogens is 212 g/mol. The Hall–Kier alpha value is -1.64. The second kappa shape index (κ2) is 3.69. The lowest BCUT2D eigenvalue weighted by Gasteiger charge is -2.09. The van der Waals surface area contributed by atoms with Gasteiger partial charge in [0.2, 0.25) is 5.91 Å². The van der Waals surface area contributed by atoms with Crippen LogP contribution in [-0.4, -0.2) is 11.6 Å². The topological polar surface area (TPSA) is 41.5 Å². The Balaban J connectivity index is 2.15. The van der Waals surface area contributed by atoms with Crippen LogP contribution in [0.2, 0.25) is 0 Å². The van der Waals surface area contributed by atoms with Gasteiger partial charge in [0.1, 0.15) is 0 Å². The molecule has 17 heavy (non-hydrogen) atoms. The number of nitrogens with one attached hydrogen (secondary N) is 1. The third kappa shape index (κ3) is 1.66. The fraction of sp³-hybridized carbons (Fsp3) is 0.429. The molecule has 0 radical (unpaired) electrons. The fourth-order valence-corrected chi connectivity index (χ4v) is 2.61. The lowest BCUT2D eigenvalue weighted by Crippen LogP contribution is -2.24. The number of hydrogen-bond donors (Lipinski definition) is 1. The van der Waals surface area contributed by atoms with Gasteiger partial charge in [-0.15, -0.1) is 0 Å². The van der Waals surface area contributed by atoms with Crippen molar-refractivity contribution in [1.82, 2.24) is 0 Å². The van der Waals surface area contributed by atoms with Crippen LogP contribution >= 0.6 is 0 Å². The smallest absolute Gasteiger partial charge is 0.233 e. The molecule has 0 saturated heterocycles. The highest BCUT2D eigenvalue weighted by atomic mass is 16.1. The predicted molar refractivity (Wildman–Crippen MR) is 69.0 cm³/mol. The number of aryl methyl sites for hydroxylation is 2. The minimum absolute atomic E-state index is 0.00279. The molecular formula is C14H16N2O. The molecule has 1 fully saturated rings. The maximum atomic E-state index is 12.1. The van der Waals surface area contributed by atoms with Crippen molar-refractivity contribution in [2.75, 3.05) is 5.32 Å². The van der Waals surface area contributed by atoms with Gasteiger partial charge in [-0.05, 0) is 56.4 Å². The summed E-state index contributed by atoms with van der Waals surface area (Å²) < 4.78 is 0. The number of benzene rings is 1. The molecule has 1 aliphatic heterocycles. The summed E-state index contributed by atoms with van der Waals surface area (Å²) in [4.78, 5) is 16.7. The highest BCUT2D eigenvalue weighted by molar-refractivity contribution is 6.14. The van der Waals surface area contributed by atoms with Crippen molar-refractivity contribution in [3.05, 3.63) is 23.3 Å². The van der Waals surface area contributed by atoms with Gasteiger partial charge in [-0.25, -0.2) is 0 Å². The van der Waals surface area contributed by atoms with Crippen molar-refractivity contribution in [3.8, 4) is 0 Å². The van der Waals surface area contributed by atoms with Gasteiger partial charge in [-0.1, -0.05) is 0 Å². The summed E-state index contributed by atoms with van der Waals surface area (Å²) in [7, 11) is 0. The zero-order valence-electron chi connectivity index (χ0n) is 10.2. The Kier molecular flexibility index (Phi) is 2.28. The van der Waals surface area contributed by atoms with Gasteiger partial charge in [-0.3, -0.25) is 9.79 Å². The Morgan fingerprint density at radius 3 is 2.88 bits per heavy atom. The molecule has 1 atom stereocenters. The summed E-state index contributed by atoms with van der Waals surface area (Å²) >= 11 is 0. The number of amides is 1. The Morgan fingerprint density at radius 1 is 1.29 bits per heavy atom. The summed E-state index contributed by atoms with van der Waals surface area (Å²) in [6.45, 7) is 4.13. The van der Waals surface area contributed by atoms with E-state index in [0.717, 1.165) is 36.3 Å². The molecule has 1 saturated carbocycles. The first kappa shape index (κ1) is 10.5. The van der Waals surface area contributed by atoms with Crippen LogP contribution in [0.4, 0.5) is 11.4 Å². The molecule has 3 heteroatoms. The van der Waals surface area contributed by atoms with E-state index in [2.05, 4.69) is 30.2 Å². The first-order valence-corrected chi connectivity index (χ1v) is 6.15. The molecule has 1 aromatic carbocycles. The van der Waals surface area contributed by atoms with E-state index >= 15 is 0 Å². The lowest BCUT2D eigenvalue weighted by atomic mass is 10.1. The molecule has 1 N–H and O–H groups in total. The molecule has 1 aromatic rings. The lowest BCUT2D eigenvalue weighted by molar-refractivity contribution is -0.117. The van der Waals surface area contributed by atoms with Crippen molar-refractivity contribution in [2.24, 2.45) is 10.9 Å². The average molecular weight is 228 g/mol. The maximum Gasteiger partial charge on any atom is 0.233 e. The first-order valence-electron chi connectivity index (χ1n) is 6.15. The van der Waals surface area contributed by atoms with E-state index in [1.165, 1.54) is 11.1 Å². The molecule has 88 valence electrons. The van der Waals surface area contributed by atoms with Gasteiger partial charge in [0.25, 0.3) is 0 Å². The molecule has 0 bridgehead atoms. The van der Waals surface area contributed by atoms with Crippen LogP contribution < -0.4 is 5.32 Å². The van der Waals surface area contributed by atoms with Gasteiger partial charge < -0.3 is 5.32 Å². The number of anilines is 1. The molecule has 0 aromatic heterocycles. The number of carbonyl (C=O) groups excluding carboxylic acids is 1. The molecule has 1 heterocycles. The van der Waals surface area contributed by atoms with Crippen LogP contribution in [0.3, 0.4) is 0 Å². The summed E-state index contributed by atoms with van der Waals surface area (Å²) in [6, 6.07) is 4.09. The van der Waals surface area contributed by atoms with Crippen LogP contribution in [0.25, 0.3) is 0 Å². The number of rotatable bonds is 0. The summed E-state index contributed by atoms with van der Waals surface area (Å²) in [5.41, 5.74) is 5.25. The highest BCUT2D eigenvalue weighted by Crippen LogP contribution is 2.36. The maximum absolute atomic E-state index is 12.1. The van der Waals surface area contributed by atoms with E-state index in [9.17, 15) is 4.79 Å². The van der Waals surface area contributed by atoms with Crippen LogP contribution in [-0.2, 0) is 4.79 Å². The summed E-state index contributed by atoms with van der Waals surface area (Å²) in [6.07, 6.45) is 2.98. The molecule has 3 rings (SSSR count). The van der Waals surface area contributed by atoms with Gasteiger partial charge >= 0.3 is 0 Å². The van der Waals surface area contributed by atoms with E-state index in [4.69, 9.17) is 0 Å². The van der Waals surface area contributed by atoms with E-state index in [0.29, 0.717) is 0 Å². The van der Waals surface area contributed by atoms with Crippen LogP contribution in [0, 0.1) is 19.8 Å². The fourth-order valence-electron chi connectivity index (χ4n) is 2.61. The van der Waals surface area contributed by atoms with Crippen molar-refractivity contribution < 1.29 is 4.79 Å². The SMILES string of the molecule is Cc1cc2c(cc1C)NC(=O)[C@H]1CCCC1=N2. The molecule has 2 aliphatic rings. The van der Waals surface area contributed by atoms with Crippen LogP contribution in [0.15, 0.2) is 17.1 Å². The average Bonchev–Trinajstić information content (AvgIpc) is 2.69. The van der Waals surface area contributed by atoms with Crippen molar-refractivity contribution in [2.45, 2.75) is 33.1 Å². The standard InChI is InChI=1S/C14H16N2O/c1-8-6-12-13(7-9(8)2)16-14(17)10-4-3-5-11(10)15-12/h6-7,10H,3-5H2,1-2H3,(H,16,17)/t10-/m0/s1. The van der Waals surface area contributed by atoms with Gasteiger partial charge in [0.05, 0.1) is 17.3 Å². The number of hydrogen-bond acceptors (Lipinski definition) is 2. The Labute approximate surface area is 101 Å². The van der Waals surface area contributed by atoms with Crippen LogP contribution in [0.5, 0.6) is 0 Å². The second-order valence-electron chi connectivity index (χ2n) is 4.99. The molecule has 1 aliphatic carbocycles. The quantitative estimate of drug-likeness (QED) is 0.728. The summed E-state index contributed by atoms with van der Waals surface area (Å²) in [5, 5.41) is 3.01. The highest BCUT2D eigenvalue weighted by Gasteiger charge is 2.31. The molecule has 3 nitrogen and oxygen atoms in total. The Morgan fingerprint density at radius 2 is 2.06 bits per heavy atom. The van der Waals surface area contributed by atoms with Gasteiger partial charge in [0, 0.05) is 5.71 Å². The van der Waals surface area contributed by atoms with Crippen molar-refractivity contribution in [3.63, 3.8) is 0 Å². The van der Waals surface area contributed by atoms with E-state index in [1.807, 2.05) is 6.07 Å². The van der Waals surface area contributed by atoms with Crippen molar-refractivity contribution in [1.29, 1.82) is 0 Å². The minimum atomic E-state index is 0.00279. The van der Waals surface area contributed by atoms with Gasteiger partial charge in [0.15, 0.2) is 0 Å². The van der Waals surface area contributed by atoms with Crippen molar-refractivity contribution >= 4 is 23.0 Å². The van der Waals surface area contributed by atoms with E-state index in [1.54, 1.807) is 0 Å². The molecule has 0 spiro atoms. The third-order valence-corrected chi connectivity index (χ3v) is 3.78. The largest absolute Gasteiger partial charge is 0.324 e. The Bertz CT molecular complexity index is 531. The predicted octanol–water partition coefficient (Wildman–Crippen LogP) is 3.13. The third-order valence-electron chi connectivity index (χ3n) is 3.78. The number of aliphatic imine (C=N–C) groups is 1. The number of fused-ring (bicyclic) bond motifs is 2. The van der Waals surface area contributed by atoms with Crippen LogP contribution in [0.1, 0.15) is 30.4 Å². The zero-order chi connectivity index (χ0) is 12.0. The van der Waals surface area contributed by atoms with E-state index < -0.39 is 0 Å². The van der Waals surface area contributed by atoms with Gasteiger partial charge in [-0.2, -0.15) is 0 Å². The minimum Gasteiger partial charge on any atom is -0.324 e. The normalized spacial score (nSPS) is 22.4. The zero-order valence-corrected chi connectivity index (χ0v) is 10.2. The molecule has 1 amide bonds. The summed E-state index contributed by atoms with van der Waals surface area (Å²) in [5.74, 6) is 0.117. The number of carbonyl (C=O) groups is 1. The first-order chi connectivity index (χ1) is 8.15.